The molecule has 3 nitrogen and oxygen atoms in total. The maximum Gasteiger partial charge on any atom is 0.183 e. The molecule has 1 atom stereocenters. The summed E-state index contributed by atoms with van der Waals surface area (Å²) in [5.41, 5.74) is 2.36. The minimum atomic E-state index is -0.581. The number of thiol groups is 1. The summed E-state index contributed by atoms with van der Waals surface area (Å²) >= 11 is 4.21. The Morgan fingerprint density at radius 1 is 1.08 bits per heavy atom. The van der Waals surface area contributed by atoms with Gasteiger partial charge in [-0.2, -0.15) is 12.6 Å². The summed E-state index contributed by atoms with van der Waals surface area (Å²) in [4.78, 5) is 15.2. The van der Waals surface area contributed by atoms with Crippen molar-refractivity contribution in [3.8, 4) is 0 Å². The fourth-order valence-corrected chi connectivity index (χ4v) is 2.96. The molecule has 0 aliphatic rings. The molecule has 0 radical (unpaired) electrons. The topological polar surface area (TPSA) is 32.3 Å². The molecule has 0 bridgehead atoms. The highest BCUT2D eigenvalue weighted by Gasteiger charge is 2.36. The monoisotopic (exact) mass is 356 g/mol. The van der Waals surface area contributed by atoms with E-state index < -0.39 is 5.54 Å². The summed E-state index contributed by atoms with van der Waals surface area (Å²) in [6.45, 7) is 2.90. The zero-order valence-electron chi connectivity index (χ0n) is 15.3. The first-order chi connectivity index (χ1) is 12.0. The normalized spacial score (nSPS) is 13.5. The molecule has 1 N–H and O–H groups in total. The van der Waals surface area contributed by atoms with Gasteiger partial charge in [0.2, 0.25) is 0 Å². The number of hydrogen-bond acceptors (Lipinski definition) is 4. The largest absolute Gasteiger partial charge is 0.385 e. The maximum absolute atomic E-state index is 13.2. The molecule has 0 saturated carbocycles. The molecule has 0 heterocycles. The third-order valence-corrected chi connectivity index (χ3v) is 4.99. The van der Waals surface area contributed by atoms with Gasteiger partial charge >= 0.3 is 0 Å². The molecule has 2 aromatic carbocycles. The van der Waals surface area contributed by atoms with Crippen LogP contribution in [-0.4, -0.2) is 42.6 Å². The standard InChI is InChI=1S/C21H28N2OS/c1-21(23(2)3,16-17-8-5-4-6-9-17)20(24)18-10-12-19(13-11-18)22-14-7-15-25/h4-6,8-13,22,25H,7,14-16H2,1-3H3. The fraction of sp³-hybridized carbons (Fsp3) is 0.381. The molecule has 0 aliphatic heterocycles. The number of carbonyl (C=O) groups excluding carboxylic acids is 1. The van der Waals surface area contributed by atoms with E-state index in [-0.39, 0.29) is 5.78 Å². The molecule has 0 aliphatic carbocycles. The highest BCUT2D eigenvalue weighted by atomic mass is 32.1. The lowest BCUT2D eigenvalue weighted by atomic mass is 9.84. The fourth-order valence-electron chi connectivity index (χ4n) is 2.80. The van der Waals surface area contributed by atoms with E-state index in [2.05, 4.69) is 30.1 Å². The van der Waals surface area contributed by atoms with Crippen molar-refractivity contribution in [1.29, 1.82) is 0 Å². The Balaban J connectivity index is 2.16. The van der Waals surface area contributed by atoms with Crippen LogP contribution in [0.1, 0.15) is 29.3 Å². The number of likely N-dealkylation sites (N-methyl/N-ethyl adjacent to an activating group) is 1. The first kappa shape index (κ1) is 19.5. The van der Waals surface area contributed by atoms with Gasteiger partial charge < -0.3 is 5.32 Å². The smallest absolute Gasteiger partial charge is 0.183 e. The zero-order valence-corrected chi connectivity index (χ0v) is 16.2. The molecule has 0 saturated heterocycles. The lowest BCUT2D eigenvalue weighted by Gasteiger charge is -2.35. The number of rotatable bonds is 9. The van der Waals surface area contributed by atoms with Gasteiger partial charge in [-0.05, 0) is 69.4 Å². The zero-order chi connectivity index (χ0) is 18.3. The number of nitrogens with zero attached hydrogens (tertiary/aromatic N) is 1. The van der Waals surface area contributed by atoms with Gasteiger partial charge in [-0.25, -0.2) is 0 Å². The van der Waals surface area contributed by atoms with Crippen LogP contribution >= 0.6 is 12.6 Å². The summed E-state index contributed by atoms with van der Waals surface area (Å²) in [6, 6.07) is 18.0. The molecule has 0 spiro atoms. The van der Waals surface area contributed by atoms with Crippen molar-refractivity contribution >= 4 is 24.1 Å². The number of nitrogens with one attached hydrogen (secondary N) is 1. The Bertz CT molecular complexity index is 670. The summed E-state index contributed by atoms with van der Waals surface area (Å²) < 4.78 is 0. The minimum absolute atomic E-state index is 0.142. The molecule has 1 unspecified atom stereocenters. The lowest BCUT2D eigenvalue weighted by Crippen LogP contribution is -2.50. The molecular weight excluding hydrogens is 328 g/mol. The number of carbonyl (C=O) groups is 1. The van der Waals surface area contributed by atoms with Gasteiger partial charge in [-0.3, -0.25) is 9.69 Å². The molecule has 25 heavy (non-hydrogen) atoms. The SMILES string of the molecule is CN(C)C(C)(Cc1ccccc1)C(=O)c1ccc(NCCCS)cc1. The number of Topliss-reactive ketones (excluding diaryl/α,β-unsaturated/α-hetero) is 1. The highest BCUT2D eigenvalue weighted by molar-refractivity contribution is 7.80. The van der Waals surface area contributed by atoms with Crippen LogP contribution in [0.2, 0.25) is 0 Å². The van der Waals surface area contributed by atoms with Crippen LogP contribution in [0.4, 0.5) is 5.69 Å². The van der Waals surface area contributed by atoms with Crippen molar-refractivity contribution < 1.29 is 4.79 Å². The van der Waals surface area contributed by atoms with Crippen LogP contribution in [-0.2, 0) is 6.42 Å². The summed E-state index contributed by atoms with van der Waals surface area (Å²) in [5.74, 6) is 1.01. The van der Waals surface area contributed by atoms with E-state index in [1.54, 1.807) is 0 Å². The summed E-state index contributed by atoms with van der Waals surface area (Å²) in [6.07, 6.45) is 1.70. The van der Waals surface area contributed by atoms with Crippen molar-refractivity contribution in [1.82, 2.24) is 4.90 Å². The average Bonchev–Trinajstić information content (AvgIpc) is 2.62. The van der Waals surface area contributed by atoms with Gasteiger partial charge in [-0.1, -0.05) is 30.3 Å². The van der Waals surface area contributed by atoms with Crippen molar-refractivity contribution in [2.45, 2.75) is 25.3 Å². The molecule has 4 heteroatoms. The van der Waals surface area contributed by atoms with Crippen LogP contribution in [0.15, 0.2) is 54.6 Å². The van der Waals surface area contributed by atoms with Crippen LogP contribution in [0, 0.1) is 0 Å². The van der Waals surface area contributed by atoms with Crippen LogP contribution < -0.4 is 5.32 Å². The third-order valence-electron chi connectivity index (χ3n) is 4.68. The van der Waals surface area contributed by atoms with Crippen molar-refractivity contribution in [2.75, 3.05) is 31.7 Å². The average molecular weight is 357 g/mol. The van der Waals surface area contributed by atoms with E-state index in [0.717, 1.165) is 35.5 Å². The Labute approximate surface area is 156 Å². The third kappa shape index (κ3) is 5.10. The Morgan fingerprint density at radius 2 is 1.72 bits per heavy atom. The van der Waals surface area contributed by atoms with Gasteiger partial charge in [-0.15, -0.1) is 0 Å². The first-order valence-corrected chi connectivity index (χ1v) is 9.31. The Morgan fingerprint density at radius 3 is 2.28 bits per heavy atom. The quantitative estimate of drug-likeness (QED) is 0.402. The summed E-state index contributed by atoms with van der Waals surface area (Å²) in [5, 5.41) is 3.34. The maximum atomic E-state index is 13.2. The van der Waals surface area contributed by atoms with Crippen LogP contribution in [0.3, 0.4) is 0 Å². The van der Waals surface area contributed by atoms with Gasteiger partial charge in [0.15, 0.2) is 5.78 Å². The van der Waals surface area contributed by atoms with Crippen molar-refractivity contribution in [3.05, 3.63) is 65.7 Å². The number of benzene rings is 2. The van der Waals surface area contributed by atoms with E-state index in [1.165, 1.54) is 0 Å². The molecule has 0 amide bonds. The van der Waals surface area contributed by atoms with Crippen molar-refractivity contribution in [2.24, 2.45) is 0 Å². The second-order valence-electron chi connectivity index (χ2n) is 6.74. The molecule has 134 valence electrons. The second kappa shape index (κ2) is 9.07. The molecule has 2 aromatic rings. The van der Waals surface area contributed by atoms with Gasteiger partial charge in [0.25, 0.3) is 0 Å². The van der Waals surface area contributed by atoms with Crippen molar-refractivity contribution in [3.63, 3.8) is 0 Å². The van der Waals surface area contributed by atoms with Gasteiger partial charge in [0, 0.05) is 17.8 Å². The van der Waals surface area contributed by atoms with Gasteiger partial charge in [0.1, 0.15) is 0 Å². The van der Waals surface area contributed by atoms with E-state index >= 15 is 0 Å². The molecule has 0 fully saturated rings. The molecule has 2 rings (SSSR count). The van der Waals surface area contributed by atoms with E-state index in [9.17, 15) is 4.79 Å². The number of hydrogen-bond donors (Lipinski definition) is 2. The van der Waals surface area contributed by atoms with Crippen LogP contribution in [0.5, 0.6) is 0 Å². The van der Waals surface area contributed by atoms with E-state index in [1.807, 2.05) is 68.4 Å². The number of ketones is 1. The van der Waals surface area contributed by atoms with Crippen LogP contribution in [0.25, 0.3) is 0 Å². The predicted molar refractivity (Wildman–Crippen MR) is 110 cm³/mol. The molecular formula is C21H28N2OS. The van der Waals surface area contributed by atoms with E-state index in [4.69, 9.17) is 0 Å². The lowest BCUT2D eigenvalue weighted by molar-refractivity contribution is 0.0719. The Kier molecular flexibility index (Phi) is 7.09. The Hall–Kier alpha value is -1.78. The van der Waals surface area contributed by atoms with E-state index in [0.29, 0.717) is 6.42 Å². The first-order valence-electron chi connectivity index (χ1n) is 8.68. The number of anilines is 1. The van der Waals surface area contributed by atoms with Gasteiger partial charge in [0.05, 0.1) is 5.54 Å². The highest BCUT2D eigenvalue weighted by Crippen LogP contribution is 2.24. The summed E-state index contributed by atoms with van der Waals surface area (Å²) in [7, 11) is 3.93. The second-order valence-corrected chi connectivity index (χ2v) is 7.19. The molecule has 0 aromatic heterocycles. The predicted octanol–water partition coefficient (Wildman–Crippen LogP) is 4.16. The minimum Gasteiger partial charge on any atom is -0.385 e.